The van der Waals surface area contributed by atoms with Gasteiger partial charge in [0.15, 0.2) is 5.78 Å². The second-order valence-electron chi connectivity index (χ2n) is 7.54. The van der Waals surface area contributed by atoms with E-state index in [4.69, 9.17) is 4.74 Å². The highest BCUT2D eigenvalue weighted by Crippen LogP contribution is 2.29. The molecule has 0 N–H and O–H groups in total. The average Bonchev–Trinajstić information content (AvgIpc) is 2.57. The number of rotatable bonds is 3. The van der Waals surface area contributed by atoms with Gasteiger partial charge in [0.2, 0.25) is 0 Å². The van der Waals surface area contributed by atoms with Crippen LogP contribution in [-0.4, -0.2) is 22.3 Å². The molecule has 25 heavy (non-hydrogen) atoms. The summed E-state index contributed by atoms with van der Waals surface area (Å²) in [5.41, 5.74) is 2.61. The Balaban J connectivity index is 1.82. The molecule has 1 atom stereocenters. The van der Waals surface area contributed by atoms with Crippen molar-refractivity contribution in [2.45, 2.75) is 45.6 Å². The maximum absolute atomic E-state index is 12.9. The van der Waals surface area contributed by atoms with Gasteiger partial charge in [0, 0.05) is 23.9 Å². The summed E-state index contributed by atoms with van der Waals surface area (Å²) in [7, 11) is 0. The monoisotopic (exact) mass is 337 g/mol. The molecule has 0 bridgehead atoms. The van der Waals surface area contributed by atoms with Crippen molar-refractivity contribution in [3.8, 4) is 0 Å². The molecule has 1 aromatic carbocycles. The number of ether oxygens (including phenoxy) is 1. The maximum atomic E-state index is 12.9. The van der Waals surface area contributed by atoms with Gasteiger partial charge in [-0.05, 0) is 69.4 Å². The van der Waals surface area contributed by atoms with Crippen LogP contribution in [0.5, 0.6) is 0 Å². The third kappa shape index (κ3) is 4.13. The fourth-order valence-corrected chi connectivity index (χ4v) is 3.17. The quantitative estimate of drug-likeness (QED) is 0.794. The third-order valence-corrected chi connectivity index (χ3v) is 4.35. The van der Waals surface area contributed by atoms with Crippen molar-refractivity contribution in [3.63, 3.8) is 0 Å². The van der Waals surface area contributed by atoms with E-state index in [2.05, 4.69) is 4.98 Å². The number of nitrogens with zero attached hydrogens (tertiary/aromatic N) is 1. The second kappa shape index (κ2) is 6.79. The van der Waals surface area contributed by atoms with Gasteiger partial charge in [0.1, 0.15) is 5.60 Å². The van der Waals surface area contributed by atoms with Crippen molar-refractivity contribution in [2.75, 3.05) is 0 Å². The lowest BCUT2D eigenvalue weighted by atomic mass is 9.79. The van der Waals surface area contributed by atoms with Crippen LogP contribution >= 0.6 is 0 Å². The third-order valence-electron chi connectivity index (χ3n) is 4.35. The molecule has 0 fully saturated rings. The van der Waals surface area contributed by atoms with Crippen LogP contribution in [0.25, 0.3) is 0 Å². The van der Waals surface area contributed by atoms with Crippen LogP contribution in [0.4, 0.5) is 0 Å². The Kier molecular flexibility index (Phi) is 4.71. The zero-order chi connectivity index (χ0) is 18.0. The number of esters is 1. The number of benzene rings is 1. The molecule has 4 nitrogen and oxygen atoms in total. The lowest BCUT2D eigenvalue weighted by molar-refractivity contribution is 0.00695. The molecule has 1 aliphatic rings. The van der Waals surface area contributed by atoms with Gasteiger partial charge >= 0.3 is 5.97 Å². The number of ketones is 1. The van der Waals surface area contributed by atoms with Crippen molar-refractivity contribution in [3.05, 3.63) is 65.0 Å². The van der Waals surface area contributed by atoms with E-state index in [1.807, 2.05) is 39.0 Å². The van der Waals surface area contributed by atoms with Crippen LogP contribution in [-0.2, 0) is 17.6 Å². The summed E-state index contributed by atoms with van der Waals surface area (Å²) in [5.74, 6) is -0.349. The number of fused-ring (bicyclic) bond motifs is 1. The van der Waals surface area contributed by atoms with Crippen LogP contribution in [0, 0.1) is 5.92 Å². The van der Waals surface area contributed by atoms with E-state index in [0.717, 1.165) is 24.0 Å². The van der Waals surface area contributed by atoms with Gasteiger partial charge in [-0.1, -0.05) is 12.1 Å². The molecule has 0 saturated carbocycles. The number of hydrogen-bond acceptors (Lipinski definition) is 4. The van der Waals surface area contributed by atoms with Gasteiger partial charge in [0.05, 0.1) is 5.56 Å². The Morgan fingerprint density at radius 1 is 1.28 bits per heavy atom. The molecule has 1 aromatic heterocycles. The van der Waals surface area contributed by atoms with Crippen molar-refractivity contribution < 1.29 is 14.3 Å². The van der Waals surface area contributed by atoms with Gasteiger partial charge in [-0.2, -0.15) is 0 Å². The summed E-state index contributed by atoms with van der Waals surface area (Å²) in [5, 5.41) is 0. The van der Waals surface area contributed by atoms with E-state index in [-0.39, 0.29) is 11.7 Å². The standard InChI is InChI=1S/C21H23NO3/c1-21(2,3)25-20(24)17-9-7-15-6-8-16(19(23)18(15)12-17)11-14-5-4-10-22-13-14/h4-5,7,9-10,12-13,16H,6,8,11H2,1-3H3. The highest BCUT2D eigenvalue weighted by Gasteiger charge is 2.29. The van der Waals surface area contributed by atoms with Crippen molar-refractivity contribution in [1.29, 1.82) is 0 Å². The van der Waals surface area contributed by atoms with E-state index in [1.165, 1.54) is 0 Å². The van der Waals surface area contributed by atoms with E-state index >= 15 is 0 Å². The highest BCUT2D eigenvalue weighted by atomic mass is 16.6. The van der Waals surface area contributed by atoms with Gasteiger partial charge in [0.25, 0.3) is 0 Å². The molecule has 4 heteroatoms. The lowest BCUT2D eigenvalue weighted by Gasteiger charge is -2.24. The number of aromatic nitrogens is 1. The first-order valence-electron chi connectivity index (χ1n) is 8.63. The topological polar surface area (TPSA) is 56.3 Å². The second-order valence-corrected chi connectivity index (χ2v) is 7.54. The summed E-state index contributed by atoms with van der Waals surface area (Å²) in [6, 6.07) is 9.21. The van der Waals surface area contributed by atoms with Crippen LogP contribution in [0.1, 0.15) is 59.0 Å². The fourth-order valence-electron chi connectivity index (χ4n) is 3.17. The largest absolute Gasteiger partial charge is 0.456 e. The van der Waals surface area contributed by atoms with E-state index in [1.54, 1.807) is 24.5 Å². The first-order valence-corrected chi connectivity index (χ1v) is 8.63. The number of Topliss-reactive ketones (excluding diaryl/α,β-unsaturated/α-hetero) is 1. The van der Waals surface area contributed by atoms with Crippen LogP contribution in [0.2, 0.25) is 0 Å². The smallest absolute Gasteiger partial charge is 0.338 e. The predicted octanol–water partition coefficient (Wildman–Crippen LogP) is 4.02. The number of aryl methyl sites for hydroxylation is 1. The molecule has 1 heterocycles. The van der Waals surface area contributed by atoms with Crippen LogP contribution in [0.15, 0.2) is 42.7 Å². The first kappa shape index (κ1) is 17.3. The van der Waals surface area contributed by atoms with E-state index in [0.29, 0.717) is 17.5 Å². The molecule has 2 aromatic rings. The molecule has 0 radical (unpaired) electrons. The zero-order valence-electron chi connectivity index (χ0n) is 14.9. The van der Waals surface area contributed by atoms with Gasteiger partial charge < -0.3 is 4.74 Å². The van der Waals surface area contributed by atoms with Gasteiger partial charge in [-0.3, -0.25) is 9.78 Å². The Morgan fingerprint density at radius 3 is 2.76 bits per heavy atom. The molecule has 1 unspecified atom stereocenters. The molecule has 0 aliphatic heterocycles. The molecule has 0 spiro atoms. The average molecular weight is 337 g/mol. The highest BCUT2D eigenvalue weighted by molar-refractivity contribution is 6.02. The number of hydrogen-bond donors (Lipinski definition) is 0. The zero-order valence-corrected chi connectivity index (χ0v) is 14.9. The normalized spacial score (nSPS) is 17.1. The van der Waals surface area contributed by atoms with Gasteiger partial charge in [-0.15, -0.1) is 0 Å². The lowest BCUT2D eigenvalue weighted by Crippen LogP contribution is -2.26. The number of carbonyl (C=O) groups is 2. The molecule has 0 saturated heterocycles. The van der Waals surface area contributed by atoms with Crippen molar-refractivity contribution >= 4 is 11.8 Å². The summed E-state index contributed by atoms with van der Waals surface area (Å²) >= 11 is 0. The summed E-state index contributed by atoms with van der Waals surface area (Å²) in [6.45, 7) is 5.50. The summed E-state index contributed by atoms with van der Waals surface area (Å²) in [4.78, 5) is 29.3. The predicted molar refractivity (Wildman–Crippen MR) is 95.7 cm³/mol. The maximum Gasteiger partial charge on any atom is 0.338 e. The molecular formula is C21H23NO3. The molecule has 130 valence electrons. The fraction of sp³-hybridized carbons (Fsp3) is 0.381. The van der Waals surface area contributed by atoms with E-state index in [9.17, 15) is 9.59 Å². The Hall–Kier alpha value is -2.49. The minimum atomic E-state index is -0.556. The van der Waals surface area contributed by atoms with E-state index < -0.39 is 11.6 Å². The molecular weight excluding hydrogens is 314 g/mol. The number of carbonyl (C=O) groups excluding carboxylic acids is 2. The van der Waals surface area contributed by atoms with Crippen molar-refractivity contribution in [2.24, 2.45) is 5.92 Å². The Bertz CT molecular complexity index is 791. The Labute approximate surface area is 148 Å². The summed E-state index contributed by atoms with van der Waals surface area (Å²) in [6.07, 6.45) is 5.89. The summed E-state index contributed by atoms with van der Waals surface area (Å²) < 4.78 is 5.41. The van der Waals surface area contributed by atoms with Crippen LogP contribution in [0.3, 0.4) is 0 Å². The first-order chi connectivity index (χ1) is 11.8. The SMILES string of the molecule is CC(C)(C)OC(=O)c1ccc2c(c1)C(=O)C(Cc1cccnc1)CC2. The molecule has 1 aliphatic carbocycles. The molecule has 0 amide bonds. The van der Waals surface area contributed by atoms with Crippen LogP contribution < -0.4 is 0 Å². The van der Waals surface area contributed by atoms with Crippen molar-refractivity contribution in [1.82, 2.24) is 4.98 Å². The minimum absolute atomic E-state index is 0.0643. The number of pyridine rings is 1. The Morgan fingerprint density at radius 2 is 2.08 bits per heavy atom. The van der Waals surface area contributed by atoms with Gasteiger partial charge in [-0.25, -0.2) is 4.79 Å². The molecule has 3 rings (SSSR count). The minimum Gasteiger partial charge on any atom is -0.456 e.